The molecular weight excluding hydrogens is 719 g/mol. The number of piperidine rings is 1. The highest BCUT2D eigenvalue weighted by Crippen LogP contribution is 2.35. The molecule has 3 saturated heterocycles. The lowest BCUT2D eigenvalue weighted by atomic mass is 10.00. The number of carboxylic acids is 3. The predicted molar refractivity (Wildman–Crippen MR) is 144 cm³/mol. The second-order valence-electron chi connectivity index (χ2n) is 9.52. The molecule has 0 bridgehead atoms. The van der Waals surface area contributed by atoms with Gasteiger partial charge >= 0.3 is 36.4 Å². The van der Waals surface area contributed by atoms with Gasteiger partial charge in [-0.1, -0.05) is 6.92 Å². The number of carbonyl (C=O) groups excluding carboxylic acids is 1. The second kappa shape index (κ2) is 18.1. The van der Waals surface area contributed by atoms with Crippen molar-refractivity contribution in [3.63, 3.8) is 0 Å². The fourth-order valence-electron chi connectivity index (χ4n) is 3.67. The summed E-state index contributed by atoms with van der Waals surface area (Å²) in [6.07, 6.45) is -10.3. The lowest BCUT2D eigenvalue weighted by Gasteiger charge is -2.53. The summed E-state index contributed by atoms with van der Waals surface area (Å²) in [6, 6.07) is 4.10. The minimum Gasteiger partial charge on any atom is -0.475 e. The van der Waals surface area contributed by atoms with Gasteiger partial charge in [0, 0.05) is 31.2 Å². The molecule has 26 heteroatoms. The highest BCUT2D eigenvalue weighted by atomic mass is 32.2. The zero-order chi connectivity index (χ0) is 37.8. The van der Waals surface area contributed by atoms with Gasteiger partial charge in [0.05, 0.1) is 18.7 Å². The number of hydrogen-bond acceptors (Lipinski definition) is 13. The van der Waals surface area contributed by atoms with Crippen LogP contribution in [0.4, 0.5) is 45.5 Å². The average molecular weight is 747 g/mol. The van der Waals surface area contributed by atoms with Crippen LogP contribution in [0.5, 0.6) is 0 Å². The summed E-state index contributed by atoms with van der Waals surface area (Å²) < 4.78 is 95.2. The number of nitrogens with one attached hydrogen (secondary N) is 3. The van der Waals surface area contributed by atoms with Crippen LogP contribution in [-0.4, -0.2) is 126 Å². The van der Waals surface area contributed by atoms with Crippen LogP contribution >= 0.6 is 11.8 Å². The molecule has 3 aliphatic heterocycles. The predicted octanol–water partition coefficient (Wildman–Crippen LogP) is 1.80. The number of fused-ring (bicyclic) bond motifs is 1. The number of hydrogen-bond donors (Lipinski definition) is 6. The number of hydroxylamine groups is 1. The fourth-order valence-corrected chi connectivity index (χ4v) is 4.87. The summed E-state index contributed by atoms with van der Waals surface area (Å²) in [7, 11) is 0. The number of aromatic nitrogens is 2. The number of hydrazine groups is 1. The number of rotatable bonds is 6. The van der Waals surface area contributed by atoms with Crippen LogP contribution in [0.25, 0.3) is 0 Å². The molecule has 4 heterocycles. The third-order valence-corrected chi connectivity index (χ3v) is 7.41. The van der Waals surface area contributed by atoms with E-state index in [2.05, 4.69) is 43.9 Å². The SMILES string of the molecule is CCC1(NN2OC3CN(CC(=O)Nc4ncccn4)CCC32)NC(C#N)CS1.O=C(O)C(F)(F)F.O=C(O)C(F)(F)F.O=C(O)C(F)(F)F. The van der Waals surface area contributed by atoms with E-state index in [0.717, 1.165) is 25.1 Å². The Morgan fingerprint density at radius 2 is 1.51 bits per heavy atom. The molecule has 4 unspecified atom stereocenters. The summed E-state index contributed by atoms with van der Waals surface area (Å²) in [4.78, 5) is 54.5. The van der Waals surface area contributed by atoms with E-state index in [1.54, 1.807) is 30.2 Å². The minimum atomic E-state index is -5.08. The number of carboxylic acid groups (broad SMARTS) is 3. The molecule has 1 aromatic rings. The Labute approximate surface area is 273 Å². The summed E-state index contributed by atoms with van der Waals surface area (Å²) in [5.74, 6) is -7.32. The maximum absolute atomic E-state index is 12.2. The van der Waals surface area contributed by atoms with Gasteiger partial charge in [0.25, 0.3) is 0 Å². The Kier molecular flexibility index (Phi) is 15.9. The molecule has 6 N–H and O–H groups in total. The van der Waals surface area contributed by atoms with Gasteiger partial charge in [0.1, 0.15) is 17.1 Å². The Bertz CT molecular complexity index is 1260. The van der Waals surface area contributed by atoms with Crippen LogP contribution in [0, 0.1) is 11.3 Å². The number of anilines is 1. The zero-order valence-corrected chi connectivity index (χ0v) is 25.5. The standard InChI is InChI=1S/C17H24N8O2S.3C2HF3O2/c1-2-17(22-12(8-18)11-28-17)23-25-13-4-7-24(9-14(13)27-25)10-15(26)21-16-19-5-3-6-20-16;3*3-2(4,5)1(6)7/h3,5-6,12-14,22-23H,2,4,7,9-11H2,1H3,(H,19,20,21,26);3*(H,6,7). The topological polar surface area (TPSA) is 230 Å². The number of likely N-dealkylation sites (tertiary alicyclic amines) is 1. The highest BCUT2D eigenvalue weighted by Gasteiger charge is 2.49. The summed E-state index contributed by atoms with van der Waals surface area (Å²) in [5, 5.41) is 38.4. The molecule has 49 heavy (non-hydrogen) atoms. The molecule has 276 valence electrons. The van der Waals surface area contributed by atoms with Gasteiger partial charge in [-0.3, -0.25) is 25.2 Å². The van der Waals surface area contributed by atoms with Crippen molar-refractivity contribution in [2.24, 2.45) is 0 Å². The number of nitriles is 1. The molecule has 0 aromatic carbocycles. The van der Waals surface area contributed by atoms with E-state index in [1.165, 1.54) is 0 Å². The molecule has 1 aromatic heterocycles. The number of thioether (sulfide) groups is 1. The van der Waals surface area contributed by atoms with Gasteiger partial charge in [0.2, 0.25) is 11.9 Å². The number of aliphatic carboxylic acids is 3. The van der Waals surface area contributed by atoms with E-state index in [9.17, 15) is 44.3 Å². The molecule has 0 radical (unpaired) electrons. The Hall–Kier alpha value is -4.03. The highest BCUT2D eigenvalue weighted by molar-refractivity contribution is 8.00. The molecular formula is C23H27F9N8O8S. The number of amides is 1. The van der Waals surface area contributed by atoms with Crippen LogP contribution in [0.1, 0.15) is 19.8 Å². The molecule has 0 saturated carbocycles. The third-order valence-electron chi connectivity index (χ3n) is 5.92. The van der Waals surface area contributed by atoms with Crippen LogP contribution < -0.4 is 16.1 Å². The number of alkyl halides is 9. The van der Waals surface area contributed by atoms with Crippen molar-refractivity contribution >= 4 is 41.5 Å². The molecule has 3 fully saturated rings. The van der Waals surface area contributed by atoms with Gasteiger partial charge in [-0.15, -0.1) is 16.9 Å². The first-order valence-electron chi connectivity index (χ1n) is 13.2. The average Bonchev–Trinajstić information content (AvgIpc) is 3.40. The smallest absolute Gasteiger partial charge is 0.475 e. The molecule has 3 aliphatic rings. The van der Waals surface area contributed by atoms with Gasteiger partial charge in [0.15, 0.2) is 0 Å². The minimum absolute atomic E-state index is 0.0640. The van der Waals surface area contributed by atoms with Crippen LogP contribution in [0.3, 0.4) is 0 Å². The molecule has 4 rings (SSSR count). The lowest BCUT2D eigenvalue weighted by Crippen LogP contribution is -2.73. The van der Waals surface area contributed by atoms with E-state index in [0.29, 0.717) is 19.0 Å². The van der Waals surface area contributed by atoms with E-state index < -0.39 is 36.4 Å². The monoisotopic (exact) mass is 746 g/mol. The molecule has 1 amide bonds. The van der Waals surface area contributed by atoms with Gasteiger partial charge in [-0.05, 0) is 18.9 Å². The lowest BCUT2D eigenvalue weighted by molar-refractivity contribution is -0.381. The van der Waals surface area contributed by atoms with Crippen LogP contribution in [0.15, 0.2) is 18.5 Å². The Morgan fingerprint density at radius 1 is 1.02 bits per heavy atom. The summed E-state index contributed by atoms with van der Waals surface area (Å²) in [5.41, 5.74) is 3.43. The zero-order valence-electron chi connectivity index (χ0n) is 24.6. The summed E-state index contributed by atoms with van der Waals surface area (Å²) >= 11 is 1.71. The van der Waals surface area contributed by atoms with E-state index in [-0.39, 0.29) is 29.1 Å². The molecule has 0 aliphatic carbocycles. The first-order chi connectivity index (χ1) is 22.4. The number of carbonyl (C=O) groups is 4. The number of nitrogens with zero attached hydrogens (tertiary/aromatic N) is 5. The van der Waals surface area contributed by atoms with Gasteiger partial charge < -0.3 is 15.3 Å². The molecule has 0 spiro atoms. The first kappa shape index (κ1) is 43.0. The maximum atomic E-state index is 12.2. The summed E-state index contributed by atoms with van der Waals surface area (Å²) in [6.45, 7) is 3.89. The van der Waals surface area contributed by atoms with Crippen molar-refractivity contribution in [1.82, 2.24) is 30.8 Å². The van der Waals surface area contributed by atoms with Crippen molar-refractivity contribution in [2.75, 3.05) is 30.7 Å². The Morgan fingerprint density at radius 3 is 1.90 bits per heavy atom. The maximum Gasteiger partial charge on any atom is 0.490 e. The van der Waals surface area contributed by atoms with Crippen LogP contribution in [0.2, 0.25) is 0 Å². The number of halogens is 9. The van der Waals surface area contributed by atoms with Crippen molar-refractivity contribution in [1.29, 1.82) is 5.26 Å². The normalized spacial score (nSPS) is 23.7. The van der Waals surface area contributed by atoms with E-state index in [1.807, 2.05) is 5.17 Å². The first-order valence-corrected chi connectivity index (χ1v) is 14.2. The Balaban J connectivity index is 0.000000467. The third kappa shape index (κ3) is 15.0. The van der Waals surface area contributed by atoms with Crippen LogP contribution in [-0.2, 0) is 24.0 Å². The molecule has 4 atom stereocenters. The van der Waals surface area contributed by atoms with E-state index >= 15 is 0 Å². The quantitative estimate of drug-likeness (QED) is 0.228. The van der Waals surface area contributed by atoms with Crippen molar-refractivity contribution in [3.8, 4) is 6.07 Å². The van der Waals surface area contributed by atoms with Gasteiger partial charge in [-0.25, -0.2) is 29.8 Å². The van der Waals surface area contributed by atoms with E-state index in [4.69, 9.17) is 39.8 Å². The second-order valence-corrected chi connectivity index (χ2v) is 10.8. The van der Waals surface area contributed by atoms with Crippen molar-refractivity contribution in [3.05, 3.63) is 18.5 Å². The van der Waals surface area contributed by atoms with Crippen molar-refractivity contribution < 1.29 is 78.8 Å². The van der Waals surface area contributed by atoms with Gasteiger partial charge in [-0.2, -0.15) is 44.8 Å². The fraction of sp³-hybridized carbons (Fsp3) is 0.609. The largest absolute Gasteiger partial charge is 0.490 e. The molecule has 16 nitrogen and oxygen atoms in total. The van der Waals surface area contributed by atoms with Crippen molar-refractivity contribution in [2.45, 2.75) is 61.5 Å².